The lowest BCUT2D eigenvalue weighted by Gasteiger charge is -2.44. The molecule has 6 heteroatoms. The van der Waals surface area contributed by atoms with E-state index in [9.17, 15) is 13.2 Å². The van der Waals surface area contributed by atoms with Gasteiger partial charge < -0.3 is 8.92 Å². The predicted octanol–water partition coefficient (Wildman–Crippen LogP) is 4.13. The minimum atomic E-state index is -4.27. The molecule has 4 rings (SSSR count). The van der Waals surface area contributed by atoms with Crippen molar-refractivity contribution < 1.29 is 22.1 Å². The molecule has 110 valence electrons. The van der Waals surface area contributed by atoms with Gasteiger partial charge in [-0.2, -0.15) is 13.2 Å². The highest BCUT2D eigenvalue weighted by atomic mass is 32.2. The van der Waals surface area contributed by atoms with Crippen molar-refractivity contribution in [3.8, 4) is 0 Å². The molecule has 0 N–H and O–H groups in total. The van der Waals surface area contributed by atoms with E-state index in [2.05, 4.69) is 0 Å². The van der Waals surface area contributed by atoms with Gasteiger partial charge in [0.05, 0.1) is 13.2 Å². The van der Waals surface area contributed by atoms with Gasteiger partial charge in [0, 0.05) is 22.4 Å². The quantitative estimate of drug-likeness (QED) is 0.779. The van der Waals surface area contributed by atoms with E-state index < -0.39 is 17.2 Å². The summed E-state index contributed by atoms with van der Waals surface area (Å²) in [7, 11) is 0. The van der Waals surface area contributed by atoms with Gasteiger partial charge in [0.2, 0.25) is 0 Å². The van der Waals surface area contributed by atoms with Crippen molar-refractivity contribution in [2.24, 2.45) is 5.41 Å². The van der Waals surface area contributed by atoms with Crippen molar-refractivity contribution in [2.75, 3.05) is 13.2 Å². The summed E-state index contributed by atoms with van der Waals surface area (Å²) in [5, 5.41) is 0. The van der Waals surface area contributed by atoms with Crippen molar-refractivity contribution in [1.82, 2.24) is 0 Å². The van der Waals surface area contributed by atoms with Crippen LogP contribution in [0.25, 0.3) is 0 Å². The monoisotopic (exact) mass is 304 g/mol. The van der Waals surface area contributed by atoms with Crippen molar-refractivity contribution >= 4 is 12.0 Å². The summed E-state index contributed by atoms with van der Waals surface area (Å²) in [5.41, 5.74) is -1.19. The lowest BCUT2D eigenvalue weighted by atomic mass is 9.62. The maximum absolute atomic E-state index is 12.8. The molecular formula is C14H15F3O2S. The van der Waals surface area contributed by atoms with Crippen LogP contribution in [0.15, 0.2) is 29.2 Å². The topological polar surface area (TPSA) is 18.5 Å². The zero-order chi connectivity index (χ0) is 14.4. The summed E-state index contributed by atoms with van der Waals surface area (Å²) in [6, 6.07) is 7.81. The standard InChI is InChI=1S/C14H15F3O2S/c1-10-2-4-11(5-3-10)20-19-9-12-6-13(7-12,18-8-12)14(15,16)17/h2-5H,6-9H2,1H3. The number of fused-ring (bicyclic) bond motifs is 1. The normalized spacial score (nSPS) is 32.2. The minimum Gasteiger partial charge on any atom is -0.365 e. The number of benzene rings is 1. The van der Waals surface area contributed by atoms with Gasteiger partial charge in [-0.05, 0) is 31.9 Å². The van der Waals surface area contributed by atoms with Crippen molar-refractivity contribution in [2.45, 2.75) is 36.4 Å². The molecule has 0 unspecified atom stereocenters. The first kappa shape index (κ1) is 14.2. The molecule has 2 aliphatic heterocycles. The van der Waals surface area contributed by atoms with Crippen LogP contribution >= 0.6 is 12.0 Å². The van der Waals surface area contributed by atoms with Gasteiger partial charge in [0.1, 0.15) is 0 Å². The zero-order valence-corrected chi connectivity index (χ0v) is 11.8. The summed E-state index contributed by atoms with van der Waals surface area (Å²) in [4.78, 5) is 0.951. The second-order valence-corrected chi connectivity index (χ2v) is 6.67. The molecular weight excluding hydrogens is 289 g/mol. The molecule has 2 heterocycles. The van der Waals surface area contributed by atoms with Gasteiger partial charge in [0.15, 0.2) is 5.60 Å². The van der Waals surface area contributed by atoms with E-state index in [0.717, 1.165) is 10.5 Å². The van der Waals surface area contributed by atoms with Gasteiger partial charge in [-0.1, -0.05) is 17.7 Å². The van der Waals surface area contributed by atoms with Crippen LogP contribution in [-0.4, -0.2) is 25.0 Å². The fraction of sp³-hybridized carbons (Fsp3) is 0.571. The van der Waals surface area contributed by atoms with Gasteiger partial charge >= 0.3 is 6.18 Å². The van der Waals surface area contributed by atoms with Gasteiger partial charge in [-0.3, -0.25) is 0 Å². The molecule has 2 bridgehead atoms. The zero-order valence-electron chi connectivity index (χ0n) is 11.0. The predicted molar refractivity (Wildman–Crippen MR) is 69.4 cm³/mol. The number of aryl methyl sites for hydroxylation is 1. The maximum atomic E-state index is 12.8. The number of hydrogen-bond donors (Lipinski definition) is 0. The van der Waals surface area contributed by atoms with E-state index in [4.69, 9.17) is 8.92 Å². The van der Waals surface area contributed by atoms with Gasteiger partial charge in [0.25, 0.3) is 0 Å². The highest BCUT2D eigenvalue weighted by Gasteiger charge is 2.74. The van der Waals surface area contributed by atoms with Crippen molar-refractivity contribution in [3.63, 3.8) is 0 Å². The first-order valence-electron chi connectivity index (χ1n) is 6.41. The van der Waals surface area contributed by atoms with Crippen LogP contribution in [0.3, 0.4) is 0 Å². The fourth-order valence-electron chi connectivity index (χ4n) is 2.90. The molecule has 0 spiro atoms. The molecule has 3 fully saturated rings. The number of ether oxygens (including phenoxy) is 1. The van der Waals surface area contributed by atoms with E-state index in [1.54, 1.807) is 0 Å². The second-order valence-electron chi connectivity index (χ2n) is 5.79. The largest absolute Gasteiger partial charge is 0.417 e. The number of hydrogen-bond acceptors (Lipinski definition) is 3. The number of halogens is 3. The van der Waals surface area contributed by atoms with Crippen LogP contribution in [0, 0.1) is 12.3 Å². The Morgan fingerprint density at radius 1 is 1.25 bits per heavy atom. The molecule has 1 aromatic carbocycles. The minimum absolute atomic E-state index is 0.0258. The van der Waals surface area contributed by atoms with E-state index in [1.165, 1.54) is 12.0 Å². The summed E-state index contributed by atoms with van der Waals surface area (Å²) < 4.78 is 48.9. The maximum Gasteiger partial charge on any atom is 0.417 e. The Morgan fingerprint density at radius 3 is 2.45 bits per heavy atom. The van der Waals surface area contributed by atoms with Gasteiger partial charge in [-0.15, -0.1) is 0 Å². The van der Waals surface area contributed by atoms with Crippen molar-refractivity contribution in [1.29, 1.82) is 0 Å². The summed E-state index contributed by atoms with van der Waals surface area (Å²) >= 11 is 1.21. The van der Waals surface area contributed by atoms with Crippen molar-refractivity contribution in [3.05, 3.63) is 29.8 Å². The van der Waals surface area contributed by atoms with Gasteiger partial charge in [-0.25, -0.2) is 0 Å². The van der Waals surface area contributed by atoms with Crippen LogP contribution in [0.5, 0.6) is 0 Å². The van der Waals surface area contributed by atoms with Crippen LogP contribution < -0.4 is 0 Å². The molecule has 0 aromatic heterocycles. The van der Waals surface area contributed by atoms with E-state index >= 15 is 0 Å². The van der Waals surface area contributed by atoms with Crippen LogP contribution in [0.1, 0.15) is 18.4 Å². The number of alkyl halides is 3. The second kappa shape index (κ2) is 4.64. The molecule has 1 saturated carbocycles. The Balaban J connectivity index is 1.51. The van der Waals surface area contributed by atoms with E-state index in [0.29, 0.717) is 6.61 Å². The number of rotatable bonds is 4. The Labute approximate surface area is 119 Å². The molecule has 0 radical (unpaired) electrons. The van der Waals surface area contributed by atoms with E-state index in [1.807, 2.05) is 31.2 Å². The first-order valence-corrected chi connectivity index (χ1v) is 7.15. The Kier molecular flexibility index (Phi) is 3.30. The van der Waals surface area contributed by atoms with Crippen LogP contribution in [-0.2, 0) is 8.92 Å². The average molecular weight is 304 g/mol. The molecule has 0 atom stereocenters. The highest BCUT2D eigenvalue weighted by Crippen LogP contribution is 2.64. The molecule has 1 aliphatic carbocycles. The third-order valence-corrected chi connectivity index (χ3v) is 4.73. The average Bonchev–Trinajstić information content (AvgIpc) is 2.87. The van der Waals surface area contributed by atoms with Crippen LogP contribution in [0.2, 0.25) is 0 Å². The Bertz CT molecular complexity index is 492. The molecule has 20 heavy (non-hydrogen) atoms. The SMILES string of the molecule is Cc1ccc(SOCC23COC(C(F)(F)F)(C2)C3)cc1. The van der Waals surface area contributed by atoms with E-state index in [-0.39, 0.29) is 19.4 Å². The summed E-state index contributed by atoms with van der Waals surface area (Å²) in [5.74, 6) is 0. The fourth-order valence-corrected chi connectivity index (χ4v) is 3.59. The molecule has 1 aromatic rings. The third-order valence-electron chi connectivity index (χ3n) is 4.03. The summed E-state index contributed by atoms with van der Waals surface area (Å²) in [6.07, 6.45) is -4.22. The smallest absolute Gasteiger partial charge is 0.365 e. The van der Waals surface area contributed by atoms with Crippen LogP contribution in [0.4, 0.5) is 13.2 Å². The first-order chi connectivity index (χ1) is 9.34. The molecule has 0 amide bonds. The third kappa shape index (κ3) is 2.34. The Morgan fingerprint density at radius 2 is 1.90 bits per heavy atom. The molecule has 3 aliphatic rings. The highest BCUT2D eigenvalue weighted by molar-refractivity contribution is 7.94. The Hall–Kier alpha value is -0.720. The summed E-state index contributed by atoms with van der Waals surface area (Å²) in [6.45, 7) is 2.43. The lowest BCUT2D eigenvalue weighted by molar-refractivity contribution is -0.278. The lowest BCUT2D eigenvalue weighted by Crippen LogP contribution is -2.55. The molecule has 2 nitrogen and oxygen atoms in total. The molecule has 2 saturated heterocycles.